The zero-order valence-electron chi connectivity index (χ0n) is 13.0. The standard InChI is InChI=1S/C17H16N6O/c1-17-16(22-24-23-17)20-14(18-12-8-4-2-5-9-12)15(21-17)19-13-10-6-3-7-11-13/h2-11,23H,1H3,(H,19,21)(H,18,20,22). The number of nitrogens with zero attached hydrogens (tertiary/aromatic N) is 3. The summed E-state index contributed by atoms with van der Waals surface area (Å²) in [5.41, 5.74) is 6.47. The molecule has 3 N–H and O–H groups in total. The van der Waals surface area contributed by atoms with Crippen LogP contribution < -0.4 is 16.3 Å². The highest BCUT2D eigenvalue weighted by atomic mass is 16.8. The lowest BCUT2D eigenvalue weighted by molar-refractivity contribution is 0.00769. The van der Waals surface area contributed by atoms with Crippen LogP contribution in [0.5, 0.6) is 0 Å². The van der Waals surface area contributed by atoms with E-state index in [-0.39, 0.29) is 0 Å². The third-order valence-electron chi connectivity index (χ3n) is 3.65. The number of hydrogen-bond donors (Lipinski definition) is 3. The van der Waals surface area contributed by atoms with Crippen molar-refractivity contribution in [2.45, 2.75) is 12.6 Å². The van der Waals surface area contributed by atoms with E-state index >= 15 is 0 Å². The van der Waals surface area contributed by atoms with Crippen molar-refractivity contribution in [1.29, 1.82) is 0 Å². The first-order chi connectivity index (χ1) is 11.7. The van der Waals surface area contributed by atoms with Crippen molar-refractivity contribution >= 4 is 28.9 Å². The van der Waals surface area contributed by atoms with E-state index in [1.54, 1.807) is 0 Å². The summed E-state index contributed by atoms with van der Waals surface area (Å²) >= 11 is 0. The Kier molecular flexibility index (Phi) is 3.56. The SMILES string of the molecule is CC12N=C(Nc3ccccc3)C(=Nc3ccccc3)N=C1NON2. The van der Waals surface area contributed by atoms with Gasteiger partial charge in [-0.3, -0.25) is 0 Å². The summed E-state index contributed by atoms with van der Waals surface area (Å²) in [4.78, 5) is 18.9. The van der Waals surface area contributed by atoms with Crippen LogP contribution in [0.15, 0.2) is 75.6 Å². The summed E-state index contributed by atoms with van der Waals surface area (Å²) in [6, 6.07) is 19.4. The molecule has 0 saturated carbocycles. The number of benzene rings is 2. The fourth-order valence-corrected chi connectivity index (χ4v) is 2.41. The van der Waals surface area contributed by atoms with Crippen molar-refractivity contribution in [3.8, 4) is 0 Å². The Balaban J connectivity index is 1.74. The van der Waals surface area contributed by atoms with Crippen LogP contribution in [0.25, 0.3) is 0 Å². The van der Waals surface area contributed by atoms with Crippen molar-refractivity contribution < 1.29 is 4.94 Å². The largest absolute Gasteiger partial charge is 0.337 e. The lowest BCUT2D eigenvalue weighted by Crippen LogP contribution is -2.47. The van der Waals surface area contributed by atoms with E-state index in [0.29, 0.717) is 17.5 Å². The molecule has 4 rings (SSSR count). The molecule has 1 saturated heterocycles. The molecule has 24 heavy (non-hydrogen) atoms. The summed E-state index contributed by atoms with van der Waals surface area (Å²) in [5, 5.41) is 3.28. The highest BCUT2D eigenvalue weighted by Crippen LogP contribution is 2.21. The predicted octanol–water partition coefficient (Wildman–Crippen LogP) is 2.39. The van der Waals surface area contributed by atoms with Gasteiger partial charge in [-0.2, -0.15) is 4.94 Å². The molecule has 2 heterocycles. The summed E-state index contributed by atoms with van der Waals surface area (Å²) in [6.07, 6.45) is 0. The predicted molar refractivity (Wildman–Crippen MR) is 94.2 cm³/mol. The van der Waals surface area contributed by atoms with E-state index in [1.807, 2.05) is 67.6 Å². The van der Waals surface area contributed by atoms with Crippen LogP contribution in [-0.4, -0.2) is 23.2 Å². The third-order valence-corrected chi connectivity index (χ3v) is 3.65. The van der Waals surface area contributed by atoms with Crippen molar-refractivity contribution in [3.05, 3.63) is 60.7 Å². The zero-order chi connectivity index (χ0) is 16.4. The minimum Gasteiger partial charge on any atom is -0.337 e. The Labute approximate surface area is 139 Å². The van der Waals surface area contributed by atoms with Gasteiger partial charge in [0.1, 0.15) is 0 Å². The van der Waals surface area contributed by atoms with E-state index in [2.05, 4.69) is 26.3 Å². The van der Waals surface area contributed by atoms with Gasteiger partial charge >= 0.3 is 0 Å². The number of aliphatic imine (C=N–C) groups is 3. The molecule has 0 amide bonds. The molecular formula is C17H16N6O. The molecule has 0 aliphatic carbocycles. The second kappa shape index (κ2) is 5.88. The summed E-state index contributed by atoms with van der Waals surface area (Å²) in [7, 11) is 0. The first-order valence-electron chi connectivity index (χ1n) is 7.57. The molecule has 7 heteroatoms. The van der Waals surface area contributed by atoms with Crippen molar-refractivity contribution in [2.24, 2.45) is 15.0 Å². The lowest BCUT2D eigenvalue weighted by atomic mass is 10.1. The van der Waals surface area contributed by atoms with Crippen LogP contribution in [0.3, 0.4) is 0 Å². The number of hydrogen-bond acceptors (Lipinski definition) is 6. The van der Waals surface area contributed by atoms with Gasteiger partial charge in [0.15, 0.2) is 23.2 Å². The van der Waals surface area contributed by atoms with Gasteiger partial charge < -0.3 is 5.32 Å². The van der Waals surface area contributed by atoms with Crippen molar-refractivity contribution in [3.63, 3.8) is 0 Å². The molecule has 0 radical (unpaired) electrons. The smallest absolute Gasteiger partial charge is 0.197 e. The van der Waals surface area contributed by atoms with Crippen LogP contribution in [0.1, 0.15) is 6.92 Å². The van der Waals surface area contributed by atoms with Gasteiger partial charge in [0, 0.05) is 5.69 Å². The second-order valence-electron chi connectivity index (χ2n) is 5.56. The van der Waals surface area contributed by atoms with Gasteiger partial charge in [-0.1, -0.05) is 36.4 Å². The molecular weight excluding hydrogens is 304 g/mol. The van der Waals surface area contributed by atoms with Gasteiger partial charge in [-0.05, 0) is 31.2 Å². The maximum Gasteiger partial charge on any atom is 0.197 e. The van der Waals surface area contributed by atoms with Crippen LogP contribution >= 0.6 is 0 Å². The van der Waals surface area contributed by atoms with Crippen LogP contribution in [-0.2, 0) is 4.94 Å². The van der Waals surface area contributed by atoms with Crippen molar-refractivity contribution in [2.75, 3.05) is 5.32 Å². The monoisotopic (exact) mass is 320 g/mol. The van der Waals surface area contributed by atoms with Crippen LogP contribution in [0.4, 0.5) is 11.4 Å². The quantitative estimate of drug-likeness (QED) is 0.793. The summed E-state index contributed by atoms with van der Waals surface area (Å²) in [6.45, 7) is 1.87. The fraction of sp³-hybridized carbons (Fsp3) is 0.118. The van der Waals surface area contributed by atoms with Gasteiger partial charge in [0.05, 0.1) is 5.69 Å². The van der Waals surface area contributed by atoms with E-state index in [9.17, 15) is 0 Å². The normalized spacial score (nSPS) is 24.0. The minimum absolute atomic E-state index is 0.484. The molecule has 2 aromatic rings. The average Bonchev–Trinajstić information content (AvgIpc) is 2.97. The number of hydroxylamine groups is 2. The molecule has 7 nitrogen and oxygen atoms in total. The highest BCUT2D eigenvalue weighted by molar-refractivity contribution is 6.48. The Morgan fingerprint density at radius 1 is 1.04 bits per heavy atom. The van der Waals surface area contributed by atoms with Gasteiger partial charge in [0.2, 0.25) is 0 Å². The van der Waals surface area contributed by atoms with Gasteiger partial charge in [-0.15, -0.1) is 5.48 Å². The van der Waals surface area contributed by atoms with E-state index in [4.69, 9.17) is 9.93 Å². The number of anilines is 1. The summed E-state index contributed by atoms with van der Waals surface area (Å²) in [5.74, 6) is 1.62. The zero-order valence-corrected chi connectivity index (χ0v) is 13.0. The number of amidine groups is 3. The lowest BCUT2D eigenvalue weighted by Gasteiger charge is -2.23. The molecule has 2 aromatic carbocycles. The molecule has 1 unspecified atom stereocenters. The van der Waals surface area contributed by atoms with Crippen LogP contribution in [0, 0.1) is 0 Å². The molecule has 0 bridgehead atoms. The number of fused-ring (bicyclic) bond motifs is 1. The average molecular weight is 320 g/mol. The van der Waals surface area contributed by atoms with Crippen LogP contribution in [0.2, 0.25) is 0 Å². The maximum absolute atomic E-state index is 5.07. The van der Waals surface area contributed by atoms with Gasteiger partial charge in [-0.25, -0.2) is 20.5 Å². The van der Waals surface area contributed by atoms with E-state index in [1.165, 1.54) is 0 Å². The number of para-hydroxylation sites is 2. The first-order valence-corrected chi connectivity index (χ1v) is 7.57. The first kappa shape index (κ1) is 14.6. The fourth-order valence-electron chi connectivity index (χ4n) is 2.41. The van der Waals surface area contributed by atoms with E-state index < -0.39 is 5.66 Å². The molecule has 0 aromatic heterocycles. The maximum atomic E-state index is 5.07. The Morgan fingerprint density at radius 3 is 2.50 bits per heavy atom. The van der Waals surface area contributed by atoms with Gasteiger partial charge in [0.25, 0.3) is 0 Å². The Bertz CT molecular complexity index is 831. The number of rotatable bonds is 2. The van der Waals surface area contributed by atoms with E-state index in [0.717, 1.165) is 11.4 Å². The second-order valence-corrected chi connectivity index (χ2v) is 5.56. The topological polar surface area (TPSA) is 82.4 Å². The summed E-state index contributed by atoms with van der Waals surface area (Å²) < 4.78 is 0. The third kappa shape index (κ3) is 2.78. The minimum atomic E-state index is -0.771. The molecule has 0 spiro atoms. The number of nitrogens with one attached hydrogen (secondary N) is 3. The Hall–Kier alpha value is -3.03. The Morgan fingerprint density at radius 2 is 1.75 bits per heavy atom. The molecule has 120 valence electrons. The molecule has 1 fully saturated rings. The molecule has 2 aliphatic rings. The van der Waals surface area contributed by atoms with Crippen molar-refractivity contribution in [1.82, 2.24) is 11.0 Å². The molecule has 2 aliphatic heterocycles. The molecule has 1 atom stereocenters. The highest BCUT2D eigenvalue weighted by Gasteiger charge is 2.41.